The molecule has 6 nitrogen and oxygen atoms in total. The number of nitrogens with zero attached hydrogens (tertiary/aromatic N) is 1. The molecular formula is C15H14ClNO5. The van der Waals surface area contributed by atoms with Gasteiger partial charge in [-0.15, -0.1) is 0 Å². The van der Waals surface area contributed by atoms with Crippen LogP contribution in [0.2, 0.25) is 5.02 Å². The molecule has 1 aromatic rings. The third-order valence-electron chi connectivity index (χ3n) is 2.81. The Labute approximate surface area is 132 Å². The molecular weight excluding hydrogens is 310 g/mol. The van der Waals surface area contributed by atoms with Gasteiger partial charge in [-0.05, 0) is 30.7 Å². The van der Waals surface area contributed by atoms with E-state index in [0.29, 0.717) is 22.1 Å². The second kappa shape index (κ2) is 7.16. The average molecular weight is 324 g/mol. The lowest BCUT2D eigenvalue weighted by atomic mass is 10.1. The fourth-order valence-corrected chi connectivity index (χ4v) is 2.16. The van der Waals surface area contributed by atoms with Crippen molar-refractivity contribution < 1.29 is 23.7 Å². The number of carbonyl (C=O) groups is 1. The molecule has 22 heavy (non-hydrogen) atoms. The highest BCUT2D eigenvalue weighted by atomic mass is 35.5. The first-order chi connectivity index (χ1) is 10.5. The van der Waals surface area contributed by atoms with Crippen LogP contribution in [0.25, 0.3) is 6.08 Å². The predicted molar refractivity (Wildman–Crippen MR) is 78.6 cm³/mol. The van der Waals surface area contributed by atoms with Crippen molar-refractivity contribution in [1.29, 1.82) is 5.26 Å². The molecule has 1 heterocycles. The van der Waals surface area contributed by atoms with E-state index in [-0.39, 0.29) is 19.0 Å². The first-order valence-corrected chi connectivity index (χ1v) is 6.83. The van der Waals surface area contributed by atoms with Gasteiger partial charge in [0.1, 0.15) is 17.7 Å². The number of nitriles is 1. The van der Waals surface area contributed by atoms with E-state index >= 15 is 0 Å². The number of fused-ring (bicyclic) bond motifs is 1. The van der Waals surface area contributed by atoms with Crippen LogP contribution in [0.1, 0.15) is 12.5 Å². The second-order valence-corrected chi connectivity index (χ2v) is 4.98. The van der Waals surface area contributed by atoms with Gasteiger partial charge < -0.3 is 18.9 Å². The Hall–Kier alpha value is -2.23. The fourth-order valence-electron chi connectivity index (χ4n) is 1.89. The minimum absolute atomic E-state index is 0.0872. The summed E-state index contributed by atoms with van der Waals surface area (Å²) in [7, 11) is 1.50. The fraction of sp³-hybridized carbons (Fsp3) is 0.333. The van der Waals surface area contributed by atoms with Crippen molar-refractivity contribution in [3.63, 3.8) is 0 Å². The van der Waals surface area contributed by atoms with Gasteiger partial charge in [-0.25, -0.2) is 4.79 Å². The number of methoxy groups -OCH3 is 1. The highest BCUT2D eigenvalue weighted by molar-refractivity contribution is 6.32. The molecule has 1 atom stereocenters. The molecule has 2 rings (SSSR count). The molecule has 0 saturated heterocycles. The minimum atomic E-state index is -0.721. The second-order valence-electron chi connectivity index (χ2n) is 4.58. The monoisotopic (exact) mass is 323 g/mol. The third-order valence-corrected chi connectivity index (χ3v) is 3.09. The van der Waals surface area contributed by atoms with Crippen molar-refractivity contribution in [2.45, 2.75) is 13.0 Å². The van der Waals surface area contributed by atoms with Crippen LogP contribution in [-0.2, 0) is 14.3 Å². The van der Waals surface area contributed by atoms with Crippen molar-refractivity contribution in [3.8, 4) is 17.6 Å². The summed E-state index contributed by atoms with van der Waals surface area (Å²) in [5, 5.41) is 9.47. The number of esters is 1. The zero-order valence-electron chi connectivity index (χ0n) is 12.1. The molecule has 0 aliphatic carbocycles. The zero-order valence-corrected chi connectivity index (χ0v) is 12.8. The van der Waals surface area contributed by atoms with Crippen LogP contribution < -0.4 is 9.47 Å². The summed E-state index contributed by atoms with van der Waals surface area (Å²) >= 11 is 6.06. The summed E-state index contributed by atoms with van der Waals surface area (Å²) < 4.78 is 20.4. The van der Waals surface area contributed by atoms with Crippen molar-refractivity contribution in [1.82, 2.24) is 0 Å². The quantitative estimate of drug-likeness (QED) is 0.471. The van der Waals surface area contributed by atoms with Gasteiger partial charge in [-0.1, -0.05) is 11.6 Å². The van der Waals surface area contributed by atoms with Gasteiger partial charge in [-0.2, -0.15) is 5.26 Å². The van der Waals surface area contributed by atoms with Crippen LogP contribution in [0, 0.1) is 11.3 Å². The molecule has 0 radical (unpaired) electrons. The first kappa shape index (κ1) is 16.1. The van der Waals surface area contributed by atoms with E-state index in [1.807, 2.05) is 6.07 Å². The summed E-state index contributed by atoms with van der Waals surface area (Å²) in [4.78, 5) is 11.9. The van der Waals surface area contributed by atoms with E-state index < -0.39 is 12.1 Å². The molecule has 0 saturated carbocycles. The topological polar surface area (TPSA) is 77.8 Å². The van der Waals surface area contributed by atoms with Crippen molar-refractivity contribution in [2.24, 2.45) is 0 Å². The number of hydrogen-bond donors (Lipinski definition) is 0. The van der Waals surface area contributed by atoms with Crippen molar-refractivity contribution in [2.75, 3.05) is 20.5 Å². The van der Waals surface area contributed by atoms with Gasteiger partial charge in [0, 0.05) is 7.11 Å². The van der Waals surface area contributed by atoms with E-state index in [4.69, 9.17) is 35.8 Å². The number of carbonyl (C=O) groups excluding carboxylic acids is 1. The zero-order chi connectivity index (χ0) is 16.1. The van der Waals surface area contributed by atoms with Crippen LogP contribution in [0.3, 0.4) is 0 Å². The third kappa shape index (κ3) is 3.70. The van der Waals surface area contributed by atoms with E-state index in [1.54, 1.807) is 19.1 Å². The van der Waals surface area contributed by atoms with Gasteiger partial charge in [0.25, 0.3) is 0 Å². The van der Waals surface area contributed by atoms with E-state index in [1.165, 1.54) is 13.2 Å². The van der Waals surface area contributed by atoms with Crippen molar-refractivity contribution in [3.05, 3.63) is 28.3 Å². The van der Waals surface area contributed by atoms with E-state index in [2.05, 4.69) is 0 Å². The van der Waals surface area contributed by atoms with Crippen LogP contribution in [-0.4, -0.2) is 32.6 Å². The molecule has 0 bridgehead atoms. The molecule has 1 aromatic carbocycles. The molecule has 0 amide bonds. The number of ether oxygens (including phenoxy) is 4. The highest BCUT2D eigenvalue weighted by Gasteiger charge is 2.19. The Bertz CT molecular complexity index is 650. The largest absolute Gasteiger partial charge is 0.456 e. The van der Waals surface area contributed by atoms with Gasteiger partial charge in [-0.3, -0.25) is 0 Å². The summed E-state index contributed by atoms with van der Waals surface area (Å²) in [6.07, 6.45) is 0.935. The molecule has 0 unspecified atom stereocenters. The molecule has 0 spiro atoms. The predicted octanol–water partition coefficient (Wildman–Crippen LogP) is 2.55. The van der Waals surface area contributed by atoms with Gasteiger partial charge in [0.15, 0.2) is 11.5 Å². The summed E-state index contributed by atoms with van der Waals surface area (Å²) in [5.41, 5.74) is 0.403. The smallest absolute Gasteiger partial charge is 0.349 e. The minimum Gasteiger partial charge on any atom is -0.456 e. The summed E-state index contributed by atoms with van der Waals surface area (Å²) in [6.45, 7) is 2.01. The van der Waals surface area contributed by atoms with Crippen LogP contribution in [0.15, 0.2) is 17.7 Å². The molecule has 1 aliphatic rings. The van der Waals surface area contributed by atoms with Crippen molar-refractivity contribution >= 4 is 23.6 Å². The normalized spacial score (nSPS) is 14.4. The standard InChI is InChI=1S/C15H14ClNO5/c1-9(7-19-2)22-15(18)11(6-17)3-10-4-12(16)14-13(5-10)20-8-21-14/h3-5,9H,7-8H2,1-2H3/b11-3+/t9-/m1/s1. The molecule has 7 heteroatoms. The molecule has 116 valence electrons. The van der Waals surface area contributed by atoms with Crippen LogP contribution >= 0.6 is 11.6 Å². The molecule has 0 aromatic heterocycles. The van der Waals surface area contributed by atoms with Gasteiger partial charge in [0.05, 0.1) is 11.6 Å². The lowest BCUT2D eigenvalue weighted by Gasteiger charge is -2.11. The average Bonchev–Trinajstić information content (AvgIpc) is 2.93. The maximum atomic E-state index is 11.9. The Balaban J connectivity index is 2.21. The molecule has 1 aliphatic heterocycles. The first-order valence-electron chi connectivity index (χ1n) is 6.46. The maximum absolute atomic E-state index is 11.9. The Morgan fingerprint density at radius 1 is 1.55 bits per heavy atom. The number of hydrogen-bond acceptors (Lipinski definition) is 6. The molecule has 0 fully saturated rings. The maximum Gasteiger partial charge on any atom is 0.349 e. The Morgan fingerprint density at radius 3 is 3.00 bits per heavy atom. The number of halogens is 1. The van der Waals surface area contributed by atoms with Gasteiger partial charge in [0.2, 0.25) is 6.79 Å². The van der Waals surface area contributed by atoms with Crippen LogP contribution in [0.4, 0.5) is 0 Å². The molecule has 0 N–H and O–H groups in total. The lowest BCUT2D eigenvalue weighted by molar-refractivity contribution is -0.145. The van der Waals surface area contributed by atoms with E-state index in [0.717, 1.165) is 0 Å². The highest BCUT2D eigenvalue weighted by Crippen LogP contribution is 2.40. The Morgan fingerprint density at radius 2 is 2.32 bits per heavy atom. The van der Waals surface area contributed by atoms with Crippen LogP contribution in [0.5, 0.6) is 11.5 Å². The van der Waals surface area contributed by atoms with E-state index in [9.17, 15) is 4.79 Å². The summed E-state index contributed by atoms with van der Waals surface area (Å²) in [6, 6.07) is 5.03. The lowest BCUT2D eigenvalue weighted by Crippen LogP contribution is -2.20. The number of benzene rings is 1. The number of rotatable bonds is 5. The van der Waals surface area contributed by atoms with Gasteiger partial charge >= 0.3 is 5.97 Å². The summed E-state index contributed by atoms with van der Waals surface area (Å²) in [5.74, 6) is 0.201. The Kier molecular flexibility index (Phi) is 5.26. The SMILES string of the molecule is COC[C@@H](C)OC(=O)/C(C#N)=C/c1cc(Cl)c2c(c1)OCO2.